The fourth-order valence-electron chi connectivity index (χ4n) is 2.75. The molecule has 2 N–H and O–H groups in total. The number of para-hydroxylation sites is 1. The van der Waals surface area contributed by atoms with Gasteiger partial charge in [-0.05, 0) is 37.8 Å². The van der Waals surface area contributed by atoms with Crippen LogP contribution in [0.15, 0.2) is 18.2 Å². The van der Waals surface area contributed by atoms with Gasteiger partial charge in [-0.2, -0.15) is 0 Å². The summed E-state index contributed by atoms with van der Waals surface area (Å²) in [4.78, 5) is 10.9. The van der Waals surface area contributed by atoms with Crippen LogP contribution in [0.3, 0.4) is 0 Å². The van der Waals surface area contributed by atoms with Crippen LogP contribution >= 0.6 is 0 Å². The third-order valence-corrected chi connectivity index (χ3v) is 3.83. The number of nitrogens with one attached hydrogen (secondary N) is 1. The molecule has 102 valence electrons. The zero-order valence-electron chi connectivity index (χ0n) is 10.6. The van der Waals surface area contributed by atoms with Crippen LogP contribution in [-0.2, 0) is 4.79 Å². The summed E-state index contributed by atoms with van der Waals surface area (Å²) >= 11 is 0. The Bertz CT molecular complexity index is 480. The number of ether oxygens (including phenoxy) is 2. The van der Waals surface area contributed by atoms with Gasteiger partial charge in [-0.25, -0.2) is 0 Å². The average Bonchev–Trinajstić information content (AvgIpc) is 2.89. The summed E-state index contributed by atoms with van der Waals surface area (Å²) in [5.74, 6) is 0.682. The van der Waals surface area contributed by atoms with Gasteiger partial charge in [0.05, 0.1) is 11.6 Å². The van der Waals surface area contributed by atoms with Gasteiger partial charge in [-0.1, -0.05) is 6.07 Å². The van der Waals surface area contributed by atoms with E-state index >= 15 is 0 Å². The number of carboxylic acids is 1. The molecular weight excluding hydrogens is 246 g/mol. The average molecular weight is 263 g/mol. The molecule has 5 heteroatoms. The lowest BCUT2D eigenvalue weighted by Crippen LogP contribution is -2.29. The predicted molar refractivity (Wildman–Crippen MR) is 69.6 cm³/mol. The standard InChI is InChI=1S/C14H17NO4/c16-14(17)9-4-6-10(7-5-9)15-11-2-1-3-12-13(11)19-8-18-12/h1-3,9-10,15H,4-8H2,(H,16,17). The first-order chi connectivity index (χ1) is 9.24. The highest BCUT2D eigenvalue weighted by atomic mass is 16.7. The molecule has 5 nitrogen and oxygen atoms in total. The van der Waals surface area contributed by atoms with E-state index in [0.717, 1.165) is 42.9 Å². The maximum absolute atomic E-state index is 10.9. The monoisotopic (exact) mass is 263 g/mol. The Labute approximate surface area is 111 Å². The molecule has 0 unspecified atom stereocenters. The van der Waals surface area contributed by atoms with Crippen LogP contribution in [0.25, 0.3) is 0 Å². The maximum atomic E-state index is 10.9. The van der Waals surface area contributed by atoms with Crippen molar-refractivity contribution in [2.45, 2.75) is 31.7 Å². The summed E-state index contributed by atoms with van der Waals surface area (Å²) in [6, 6.07) is 6.09. The van der Waals surface area contributed by atoms with Gasteiger partial charge in [0.1, 0.15) is 0 Å². The summed E-state index contributed by atoms with van der Waals surface area (Å²) in [6.45, 7) is 0.264. The number of carbonyl (C=O) groups is 1. The van der Waals surface area contributed by atoms with Gasteiger partial charge in [0.2, 0.25) is 6.79 Å². The van der Waals surface area contributed by atoms with Crippen LogP contribution in [0.2, 0.25) is 0 Å². The predicted octanol–water partition coefficient (Wildman–Crippen LogP) is 2.47. The number of fused-ring (bicyclic) bond motifs is 1. The molecule has 0 radical (unpaired) electrons. The first-order valence-electron chi connectivity index (χ1n) is 6.62. The van der Waals surface area contributed by atoms with Crippen LogP contribution in [0, 0.1) is 5.92 Å². The second-order valence-corrected chi connectivity index (χ2v) is 5.07. The molecule has 1 saturated carbocycles. The highest BCUT2D eigenvalue weighted by molar-refractivity contribution is 5.70. The Hall–Kier alpha value is -1.91. The molecule has 1 aromatic rings. The first-order valence-corrected chi connectivity index (χ1v) is 6.62. The first kappa shape index (κ1) is 12.1. The van der Waals surface area contributed by atoms with Crippen molar-refractivity contribution in [3.8, 4) is 11.5 Å². The van der Waals surface area contributed by atoms with Gasteiger partial charge in [0.25, 0.3) is 0 Å². The van der Waals surface area contributed by atoms with E-state index in [-0.39, 0.29) is 12.7 Å². The minimum atomic E-state index is -0.671. The van der Waals surface area contributed by atoms with Crippen molar-refractivity contribution in [3.05, 3.63) is 18.2 Å². The van der Waals surface area contributed by atoms with E-state index in [2.05, 4.69) is 5.32 Å². The minimum absolute atomic E-state index is 0.181. The highest BCUT2D eigenvalue weighted by Crippen LogP contribution is 2.40. The van der Waals surface area contributed by atoms with Gasteiger partial charge in [-0.15, -0.1) is 0 Å². The van der Waals surface area contributed by atoms with Crippen LogP contribution in [0.4, 0.5) is 5.69 Å². The Kier molecular flexibility index (Phi) is 3.19. The Balaban J connectivity index is 1.64. The van der Waals surface area contributed by atoms with Crippen molar-refractivity contribution in [2.24, 2.45) is 5.92 Å². The number of rotatable bonds is 3. The third kappa shape index (κ3) is 2.45. The topological polar surface area (TPSA) is 67.8 Å². The quantitative estimate of drug-likeness (QED) is 0.876. The molecule has 0 spiro atoms. The number of hydrogen-bond acceptors (Lipinski definition) is 4. The summed E-state index contributed by atoms with van der Waals surface area (Å²) in [7, 11) is 0. The summed E-state index contributed by atoms with van der Waals surface area (Å²) in [5.41, 5.74) is 0.939. The summed E-state index contributed by atoms with van der Waals surface area (Å²) in [5, 5.41) is 12.4. The molecule has 3 rings (SSSR count). The Morgan fingerprint density at radius 3 is 2.74 bits per heavy atom. The normalized spacial score (nSPS) is 25.1. The van der Waals surface area contributed by atoms with Gasteiger partial charge in [-0.3, -0.25) is 4.79 Å². The number of aliphatic carboxylic acids is 1. The maximum Gasteiger partial charge on any atom is 0.306 e. The van der Waals surface area contributed by atoms with Gasteiger partial charge < -0.3 is 19.9 Å². The molecule has 1 fully saturated rings. The van der Waals surface area contributed by atoms with Gasteiger partial charge in [0.15, 0.2) is 11.5 Å². The minimum Gasteiger partial charge on any atom is -0.481 e. The third-order valence-electron chi connectivity index (χ3n) is 3.83. The Morgan fingerprint density at radius 2 is 2.00 bits per heavy atom. The Morgan fingerprint density at radius 1 is 1.21 bits per heavy atom. The van der Waals surface area contributed by atoms with E-state index in [0.29, 0.717) is 6.04 Å². The van der Waals surface area contributed by atoms with E-state index in [1.54, 1.807) is 0 Å². The molecule has 1 aliphatic carbocycles. The van der Waals surface area contributed by atoms with Gasteiger partial charge >= 0.3 is 5.97 Å². The van der Waals surface area contributed by atoms with E-state index in [1.165, 1.54) is 0 Å². The molecule has 0 amide bonds. The highest BCUT2D eigenvalue weighted by Gasteiger charge is 2.27. The van der Waals surface area contributed by atoms with E-state index in [4.69, 9.17) is 14.6 Å². The number of benzene rings is 1. The van der Waals surface area contributed by atoms with Crippen LogP contribution in [0.5, 0.6) is 11.5 Å². The number of hydrogen-bond donors (Lipinski definition) is 2. The van der Waals surface area contributed by atoms with Crippen molar-refractivity contribution in [1.82, 2.24) is 0 Å². The van der Waals surface area contributed by atoms with E-state index in [9.17, 15) is 4.79 Å². The zero-order valence-corrected chi connectivity index (χ0v) is 10.6. The molecular formula is C14H17NO4. The van der Waals surface area contributed by atoms with Crippen molar-refractivity contribution >= 4 is 11.7 Å². The molecule has 1 aliphatic heterocycles. The van der Waals surface area contributed by atoms with Crippen LogP contribution in [-0.4, -0.2) is 23.9 Å². The number of anilines is 1. The van der Waals surface area contributed by atoms with E-state index < -0.39 is 5.97 Å². The lowest BCUT2D eigenvalue weighted by molar-refractivity contribution is -0.142. The van der Waals surface area contributed by atoms with Crippen molar-refractivity contribution < 1.29 is 19.4 Å². The van der Waals surface area contributed by atoms with Crippen molar-refractivity contribution in [2.75, 3.05) is 12.1 Å². The molecule has 1 heterocycles. The lowest BCUT2D eigenvalue weighted by Gasteiger charge is -2.27. The molecule has 19 heavy (non-hydrogen) atoms. The van der Waals surface area contributed by atoms with Crippen molar-refractivity contribution in [3.63, 3.8) is 0 Å². The second kappa shape index (κ2) is 4.99. The van der Waals surface area contributed by atoms with Crippen LogP contribution in [0.1, 0.15) is 25.7 Å². The molecule has 1 aromatic carbocycles. The second-order valence-electron chi connectivity index (χ2n) is 5.07. The fourth-order valence-corrected chi connectivity index (χ4v) is 2.75. The number of carboxylic acid groups (broad SMARTS) is 1. The molecule has 0 aromatic heterocycles. The largest absolute Gasteiger partial charge is 0.481 e. The molecule has 0 saturated heterocycles. The smallest absolute Gasteiger partial charge is 0.306 e. The molecule has 0 atom stereocenters. The summed E-state index contributed by atoms with van der Waals surface area (Å²) < 4.78 is 10.8. The molecule has 2 aliphatic rings. The summed E-state index contributed by atoms with van der Waals surface area (Å²) in [6.07, 6.45) is 3.22. The van der Waals surface area contributed by atoms with Crippen molar-refractivity contribution in [1.29, 1.82) is 0 Å². The molecule has 0 bridgehead atoms. The van der Waals surface area contributed by atoms with Crippen LogP contribution < -0.4 is 14.8 Å². The van der Waals surface area contributed by atoms with E-state index in [1.807, 2.05) is 18.2 Å². The lowest BCUT2D eigenvalue weighted by atomic mass is 9.86. The zero-order chi connectivity index (χ0) is 13.2. The van der Waals surface area contributed by atoms with Gasteiger partial charge in [0, 0.05) is 6.04 Å². The fraction of sp³-hybridized carbons (Fsp3) is 0.500. The SMILES string of the molecule is O=C(O)C1CCC(Nc2cccc3c2OCO3)CC1.